The van der Waals surface area contributed by atoms with E-state index in [2.05, 4.69) is 5.32 Å². The van der Waals surface area contributed by atoms with Gasteiger partial charge in [-0.15, -0.1) is 0 Å². The number of hydrogen-bond acceptors (Lipinski definition) is 4. The molecule has 2 aromatic rings. The van der Waals surface area contributed by atoms with E-state index in [0.717, 1.165) is 5.56 Å². The van der Waals surface area contributed by atoms with E-state index in [-0.39, 0.29) is 23.0 Å². The second kappa shape index (κ2) is 7.30. The number of ether oxygens (including phenoxy) is 1. The fourth-order valence-electron chi connectivity index (χ4n) is 1.82. The Morgan fingerprint density at radius 1 is 1.26 bits per heavy atom. The van der Waals surface area contributed by atoms with Crippen LogP contribution in [-0.2, 0) is 4.79 Å². The molecule has 6 nitrogen and oxygen atoms in total. The van der Waals surface area contributed by atoms with Crippen LogP contribution in [0.4, 0.5) is 11.4 Å². The van der Waals surface area contributed by atoms with E-state index in [9.17, 15) is 14.9 Å². The predicted octanol–water partition coefficient (Wildman–Crippen LogP) is 4.23. The number of nitrogens with zero attached hydrogens (tertiary/aromatic N) is 1. The molecule has 0 saturated heterocycles. The highest BCUT2D eigenvalue weighted by Crippen LogP contribution is 2.28. The minimum absolute atomic E-state index is 0.108. The Balaban J connectivity index is 2.04. The van der Waals surface area contributed by atoms with Crippen LogP contribution in [0, 0.1) is 17.0 Å². The minimum Gasteiger partial charge on any atom is -0.482 e. The summed E-state index contributed by atoms with van der Waals surface area (Å²) < 4.78 is 5.28. The number of anilines is 1. The molecular weight excluding hydrogens is 343 g/mol. The Kier molecular flexibility index (Phi) is 5.41. The summed E-state index contributed by atoms with van der Waals surface area (Å²) in [6.45, 7) is 1.39. The van der Waals surface area contributed by atoms with E-state index in [0.29, 0.717) is 10.8 Å². The average Bonchev–Trinajstić information content (AvgIpc) is 2.48. The second-order valence-electron chi connectivity index (χ2n) is 4.69. The molecule has 0 radical (unpaired) electrons. The molecule has 0 aliphatic carbocycles. The van der Waals surface area contributed by atoms with Crippen molar-refractivity contribution in [3.8, 4) is 5.75 Å². The fourth-order valence-corrected chi connectivity index (χ4v) is 2.28. The van der Waals surface area contributed by atoms with Crippen molar-refractivity contribution in [2.45, 2.75) is 6.92 Å². The van der Waals surface area contributed by atoms with E-state index in [1.165, 1.54) is 24.3 Å². The van der Waals surface area contributed by atoms with Crippen LogP contribution in [0.1, 0.15) is 5.56 Å². The number of nitro groups is 1. The maximum atomic E-state index is 11.9. The summed E-state index contributed by atoms with van der Waals surface area (Å²) in [4.78, 5) is 22.3. The highest BCUT2D eigenvalue weighted by molar-refractivity contribution is 6.35. The van der Waals surface area contributed by atoms with Crippen molar-refractivity contribution in [3.05, 3.63) is 62.1 Å². The predicted molar refractivity (Wildman–Crippen MR) is 88.4 cm³/mol. The number of carbonyl (C=O) groups excluding carboxylic acids is 1. The average molecular weight is 355 g/mol. The van der Waals surface area contributed by atoms with Gasteiger partial charge in [-0.3, -0.25) is 14.9 Å². The molecule has 1 amide bonds. The number of amides is 1. The molecule has 0 aliphatic rings. The zero-order valence-electron chi connectivity index (χ0n) is 12.0. The number of benzene rings is 2. The molecule has 0 atom stereocenters. The summed E-state index contributed by atoms with van der Waals surface area (Å²) in [6.07, 6.45) is 0. The molecule has 0 bridgehead atoms. The Labute approximate surface area is 142 Å². The van der Waals surface area contributed by atoms with Gasteiger partial charge in [-0.1, -0.05) is 29.3 Å². The van der Waals surface area contributed by atoms with Crippen molar-refractivity contribution < 1.29 is 14.5 Å². The molecule has 0 aromatic heterocycles. The van der Waals surface area contributed by atoms with Crippen LogP contribution < -0.4 is 10.1 Å². The number of halogens is 2. The first-order valence-corrected chi connectivity index (χ1v) is 7.25. The third-order valence-corrected chi connectivity index (χ3v) is 3.41. The number of hydrogen-bond donors (Lipinski definition) is 1. The number of aryl methyl sites for hydroxylation is 1. The monoisotopic (exact) mass is 354 g/mol. The van der Waals surface area contributed by atoms with E-state index in [4.69, 9.17) is 27.9 Å². The van der Waals surface area contributed by atoms with Crippen LogP contribution in [0.3, 0.4) is 0 Å². The molecule has 2 aromatic carbocycles. The maximum absolute atomic E-state index is 11.9. The van der Waals surface area contributed by atoms with E-state index >= 15 is 0 Å². The van der Waals surface area contributed by atoms with Crippen molar-refractivity contribution in [1.29, 1.82) is 0 Å². The van der Waals surface area contributed by atoms with Gasteiger partial charge in [-0.05, 0) is 36.8 Å². The quantitative estimate of drug-likeness (QED) is 0.643. The highest BCUT2D eigenvalue weighted by atomic mass is 35.5. The lowest BCUT2D eigenvalue weighted by atomic mass is 10.2. The molecule has 2 rings (SSSR count). The second-order valence-corrected chi connectivity index (χ2v) is 5.53. The molecule has 1 N–H and O–H groups in total. The normalized spacial score (nSPS) is 10.2. The summed E-state index contributed by atoms with van der Waals surface area (Å²) in [5, 5.41) is 14.2. The summed E-state index contributed by atoms with van der Waals surface area (Å²) in [7, 11) is 0. The van der Waals surface area contributed by atoms with E-state index < -0.39 is 10.8 Å². The largest absolute Gasteiger partial charge is 0.482 e. The highest BCUT2D eigenvalue weighted by Gasteiger charge is 2.16. The lowest BCUT2D eigenvalue weighted by Crippen LogP contribution is -2.20. The molecule has 0 heterocycles. The number of nitrogens with one attached hydrogen (secondary N) is 1. The third kappa shape index (κ3) is 4.58. The van der Waals surface area contributed by atoms with Gasteiger partial charge in [0.2, 0.25) is 0 Å². The van der Waals surface area contributed by atoms with Crippen molar-refractivity contribution in [2.24, 2.45) is 0 Å². The zero-order chi connectivity index (χ0) is 17.0. The third-order valence-electron chi connectivity index (χ3n) is 2.88. The molecule has 0 saturated carbocycles. The van der Waals surface area contributed by atoms with Crippen LogP contribution in [0.5, 0.6) is 5.75 Å². The Morgan fingerprint density at radius 2 is 2.00 bits per heavy atom. The molecule has 0 fully saturated rings. The van der Waals surface area contributed by atoms with Gasteiger partial charge in [0.05, 0.1) is 9.95 Å². The Hall–Kier alpha value is -2.31. The van der Waals surface area contributed by atoms with Crippen LogP contribution in [0.25, 0.3) is 0 Å². The Morgan fingerprint density at radius 3 is 2.65 bits per heavy atom. The topological polar surface area (TPSA) is 81.5 Å². The molecule has 8 heteroatoms. The summed E-state index contributed by atoms with van der Waals surface area (Å²) in [5.74, 6) is -0.243. The summed E-state index contributed by atoms with van der Waals surface area (Å²) >= 11 is 11.7. The van der Waals surface area contributed by atoms with Crippen LogP contribution in [0.15, 0.2) is 36.4 Å². The number of carbonyl (C=O) groups is 1. The van der Waals surface area contributed by atoms with Gasteiger partial charge < -0.3 is 10.1 Å². The van der Waals surface area contributed by atoms with Gasteiger partial charge in [0.1, 0.15) is 11.4 Å². The molecule has 0 spiro atoms. The van der Waals surface area contributed by atoms with Crippen LogP contribution in [0.2, 0.25) is 10.0 Å². The van der Waals surface area contributed by atoms with E-state index in [1.807, 2.05) is 0 Å². The van der Waals surface area contributed by atoms with Gasteiger partial charge in [-0.2, -0.15) is 0 Å². The summed E-state index contributed by atoms with van der Waals surface area (Å²) in [5.41, 5.74) is 0.651. The van der Waals surface area contributed by atoms with Gasteiger partial charge >= 0.3 is 0 Å². The first kappa shape index (κ1) is 17.1. The van der Waals surface area contributed by atoms with Gasteiger partial charge in [0.25, 0.3) is 11.6 Å². The smallest absolute Gasteiger partial charge is 0.293 e. The molecular formula is C15H12Cl2N2O4. The van der Waals surface area contributed by atoms with Gasteiger partial charge in [0.15, 0.2) is 6.61 Å². The fraction of sp³-hybridized carbons (Fsp3) is 0.133. The zero-order valence-corrected chi connectivity index (χ0v) is 13.5. The SMILES string of the molecule is Cc1ccc(NC(=O)COc2ccc(Cl)cc2Cl)c([N+](=O)[O-])c1. The summed E-state index contributed by atoms with van der Waals surface area (Å²) in [6, 6.07) is 9.12. The molecule has 0 aliphatic heterocycles. The first-order chi connectivity index (χ1) is 10.9. The van der Waals surface area contributed by atoms with Gasteiger partial charge in [0, 0.05) is 11.1 Å². The lowest BCUT2D eigenvalue weighted by molar-refractivity contribution is -0.384. The van der Waals surface area contributed by atoms with Crippen LogP contribution in [-0.4, -0.2) is 17.4 Å². The van der Waals surface area contributed by atoms with Crippen molar-refractivity contribution in [2.75, 3.05) is 11.9 Å². The number of rotatable bonds is 5. The first-order valence-electron chi connectivity index (χ1n) is 6.49. The number of nitro benzene ring substituents is 1. The van der Waals surface area contributed by atoms with Crippen molar-refractivity contribution >= 4 is 40.5 Å². The molecule has 0 unspecified atom stereocenters. The lowest BCUT2D eigenvalue weighted by Gasteiger charge is -2.09. The van der Waals surface area contributed by atoms with Crippen LogP contribution >= 0.6 is 23.2 Å². The minimum atomic E-state index is -0.556. The molecule has 120 valence electrons. The van der Waals surface area contributed by atoms with Crippen molar-refractivity contribution in [1.82, 2.24) is 0 Å². The van der Waals surface area contributed by atoms with Gasteiger partial charge in [-0.25, -0.2) is 0 Å². The van der Waals surface area contributed by atoms with E-state index in [1.54, 1.807) is 19.1 Å². The van der Waals surface area contributed by atoms with Crippen molar-refractivity contribution in [3.63, 3.8) is 0 Å². The molecule has 23 heavy (non-hydrogen) atoms. The Bertz CT molecular complexity index is 765. The maximum Gasteiger partial charge on any atom is 0.293 e. The standard InChI is InChI=1S/C15H12Cl2N2O4/c1-9-2-4-12(13(6-9)19(21)22)18-15(20)8-23-14-5-3-10(16)7-11(14)17/h2-7H,8H2,1H3,(H,18,20).